The normalized spacial score (nSPS) is 24.5. The number of hydrogen-bond acceptors (Lipinski definition) is 5. The van der Waals surface area contributed by atoms with Gasteiger partial charge in [0.1, 0.15) is 12.1 Å². The second-order valence-electron chi connectivity index (χ2n) is 8.02. The first-order chi connectivity index (χ1) is 14.1. The van der Waals surface area contributed by atoms with Crippen LogP contribution in [0.3, 0.4) is 0 Å². The molecule has 2 aliphatic heterocycles. The van der Waals surface area contributed by atoms with Crippen molar-refractivity contribution in [2.75, 3.05) is 30.3 Å². The fourth-order valence-electron chi connectivity index (χ4n) is 4.08. The number of quaternary nitrogens is 1. The zero-order valence-corrected chi connectivity index (χ0v) is 22.8. The summed E-state index contributed by atoms with van der Waals surface area (Å²) in [7, 11) is 0. The number of nitrogens with zero attached hydrogens (tertiary/aromatic N) is 2. The molecule has 0 aromatic heterocycles. The van der Waals surface area contributed by atoms with Crippen LogP contribution in [0, 0.1) is 0 Å². The first-order valence-electron chi connectivity index (χ1n) is 11.4. The van der Waals surface area contributed by atoms with Crippen molar-refractivity contribution in [2.45, 2.75) is 83.4 Å². The zero-order valence-electron chi connectivity index (χ0n) is 19.2. The molecule has 0 aromatic rings. The Bertz CT molecular complexity index is 577. The topological polar surface area (TPSA) is 60.4 Å². The molecule has 2 amide bonds. The summed E-state index contributed by atoms with van der Waals surface area (Å²) in [6, 6.07) is 0. The Morgan fingerprint density at radius 1 is 1.00 bits per heavy atom. The van der Waals surface area contributed by atoms with Crippen molar-refractivity contribution in [3.8, 4) is 0 Å². The molecule has 2 fully saturated rings. The van der Waals surface area contributed by atoms with Crippen LogP contribution in [0.25, 0.3) is 0 Å². The molecular weight excluding hydrogens is 427 g/mol. The van der Waals surface area contributed by atoms with Gasteiger partial charge in [-0.05, 0) is 36.5 Å². The minimum atomic E-state index is -0.353. The monoisotopic (exact) mass is 465 g/mol. The second kappa shape index (κ2) is 15.2. The minimum Gasteiger partial charge on any atom is -0.877 e. The SMILES string of the molecule is CCCCCCSCCCN1C(=O)/C(=C\[O-])C(=O)[N+]12CCC2SCCCCCC.[Na+]. The van der Waals surface area contributed by atoms with E-state index in [9.17, 15) is 14.7 Å². The summed E-state index contributed by atoms with van der Waals surface area (Å²) < 4.78 is 0.0759. The van der Waals surface area contributed by atoms with Gasteiger partial charge in [-0.1, -0.05) is 64.1 Å². The van der Waals surface area contributed by atoms with E-state index >= 15 is 0 Å². The van der Waals surface area contributed by atoms with Crippen LogP contribution in [-0.4, -0.2) is 57.1 Å². The molecule has 0 bridgehead atoms. The molecule has 0 saturated carbocycles. The van der Waals surface area contributed by atoms with Crippen molar-refractivity contribution in [1.29, 1.82) is 0 Å². The van der Waals surface area contributed by atoms with Crippen LogP contribution in [0.1, 0.15) is 78.1 Å². The third-order valence-corrected chi connectivity index (χ3v) is 8.55. The number of hydrogen-bond donors (Lipinski definition) is 0. The summed E-state index contributed by atoms with van der Waals surface area (Å²) in [5.74, 6) is 2.55. The molecule has 30 heavy (non-hydrogen) atoms. The first-order valence-corrected chi connectivity index (χ1v) is 13.6. The molecule has 2 saturated heterocycles. The van der Waals surface area contributed by atoms with Gasteiger partial charge in [0.25, 0.3) is 0 Å². The van der Waals surface area contributed by atoms with Crippen molar-refractivity contribution in [3.63, 3.8) is 0 Å². The molecule has 5 nitrogen and oxygen atoms in total. The summed E-state index contributed by atoms with van der Waals surface area (Å²) in [4.78, 5) is 25.7. The van der Waals surface area contributed by atoms with Crippen LogP contribution in [0.15, 0.2) is 11.8 Å². The van der Waals surface area contributed by atoms with Gasteiger partial charge in [-0.25, -0.2) is 4.79 Å². The number of rotatable bonds is 15. The molecule has 1 spiro atoms. The summed E-state index contributed by atoms with van der Waals surface area (Å²) >= 11 is 3.74. The summed E-state index contributed by atoms with van der Waals surface area (Å²) in [5, 5.41) is 13.2. The molecule has 0 N–H and O–H groups in total. The van der Waals surface area contributed by atoms with Crippen LogP contribution < -0.4 is 34.7 Å². The van der Waals surface area contributed by atoms with E-state index in [4.69, 9.17) is 0 Å². The molecule has 2 heterocycles. The minimum absolute atomic E-state index is 0. The second-order valence-corrected chi connectivity index (χ2v) is 10.5. The molecule has 0 aliphatic carbocycles. The van der Waals surface area contributed by atoms with Crippen LogP contribution in [0.5, 0.6) is 0 Å². The van der Waals surface area contributed by atoms with E-state index in [-0.39, 0.29) is 56.9 Å². The van der Waals surface area contributed by atoms with Gasteiger partial charge in [0.2, 0.25) is 0 Å². The van der Waals surface area contributed by atoms with Gasteiger partial charge in [0, 0.05) is 0 Å². The number of unbranched alkanes of at least 4 members (excludes halogenated alkanes) is 6. The molecule has 0 aromatic carbocycles. The third-order valence-electron chi connectivity index (χ3n) is 5.90. The summed E-state index contributed by atoms with van der Waals surface area (Å²) in [6.07, 6.45) is 12.2. The van der Waals surface area contributed by atoms with Gasteiger partial charge >= 0.3 is 41.4 Å². The number of thioether (sulfide) groups is 2. The van der Waals surface area contributed by atoms with Crippen molar-refractivity contribution in [3.05, 3.63) is 11.8 Å². The van der Waals surface area contributed by atoms with E-state index in [0.717, 1.165) is 36.5 Å². The van der Waals surface area contributed by atoms with E-state index in [2.05, 4.69) is 13.8 Å². The molecule has 2 unspecified atom stereocenters. The Morgan fingerprint density at radius 2 is 1.63 bits per heavy atom. The third kappa shape index (κ3) is 6.92. The van der Waals surface area contributed by atoms with Crippen LogP contribution in [-0.2, 0) is 9.59 Å². The number of amides is 2. The average Bonchev–Trinajstić information content (AvgIpc) is 2.93. The quantitative estimate of drug-likeness (QED) is 0.0905. The van der Waals surface area contributed by atoms with E-state index < -0.39 is 0 Å². The van der Waals surface area contributed by atoms with E-state index in [1.807, 2.05) is 23.5 Å². The van der Waals surface area contributed by atoms with E-state index in [1.165, 1.54) is 44.9 Å². The summed E-state index contributed by atoms with van der Waals surface area (Å²) in [6.45, 7) is 5.64. The molecule has 166 valence electrons. The number of carbonyl (C=O) groups is 2. The van der Waals surface area contributed by atoms with Crippen molar-refractivity contribution < 1.29 is 48.8 Å². The maximum atomic E-state index is 13.0. The molecule has 2 rings (SSSR count). The van der Waals surface area contributed by atoms with Crippen LogP contribution >= 0.6 is 23.5 Å². The van der Waals surface area contributed by atoms with E-state index in [0.29, 0.717) is 19.4 Å². The Hall–Kier alpha value is 0.340. The van der Waals surface area contributed by atoms with Gasteiger partial charge in [-0.3, -0.25) is 4.79 Å². The average molecular weight is 466 g/mol. The zero-order chi connectivity index (χ0) is 21.1. The van der Waals surface area contributed by atoms with Gasteiger partial charge in [0.05, 0.1) is 13.0 Å². The smallest absolute Gasteiger partial charge is 0.877 e. The Morgan fingerprint density at radius 3 is 2.20 bits per heavy atom. The van der Waals surface area contributed by atoms with Crippen molar-refractivity contribution >= 4 is 35.3 Å². The van der Waals surface area contributed by atoms with E-state index in [1.54, 1.807) is 5.01 Å². The molecule has 2 atom stereocenters. The standard InChI is InChI=1S/C22H38N2O3S2.Na/c1-3-5-7-9-15-28-16-11-13-23-21(26)19(18-25)22(27)24(23)14-12-20(24)29-17-10-8-6-4-2;/h18,20H,3-17H2,1-2H3;/q;+1. The predicted octanol–water partition coefficient (Wildman–Crippen LogP) is 1.08. The first kappa shape index (κ1) is 28.4. The molecule has 2 aliphatic rings. The van der Waals surface area contributed by atoms with Crippen molar-refractivity contribution in [1.82, 2.24) is 5.01 Å². The maximum Gasteiger partial charge on any atom is 1.00 e. The van der Waals surface area contributed by atoms with Gasteiger partial charge in [-0.2, -0.15) is 16.8 Å². The Balaban J connectivity index is 0.00000450. The predicted molar refractivity (Wildman–Crippen MR) is 121 cm³/mol. The Labute approximate surface area is 213 Å². The fraction of sp³-hybridized carbons (Fsp3) is 0.818. The number of carbonyl (C=O) groups excluding carboxylic acids is 2. The maximum absolute atomic E-state index is 13.0. The fourth-order valence-corrected chi connectivity index (χ4v) is 6.51. The molecule has 8 heteroatoms. The Kier molecular flexibility index (Phi) is 14.4. The van der Waals surface area contributed by atoms with Crippen LogP contribution in [0.4, 0.5) is 0 Å². The molecular formula is C22H38N2NaO3S2+. The van der Waals surface area contributed by atoms with Gasteiger partial charge in [-0.15, -0.1) is 10.9 Å². The molecule has 0 radical (unpaired) electrons. The van der Waals surface area contributed by atoms with Crippen molar-refractivity contribution in [2.24, 2.45) is 0 Å². The summed E-state index contributed by atoms with van der Waals surface area (Å²) in [5.41, 5.74) is -0.145. The van der Waals surface area contributed by atoms with Crippen LogP contribution in [0.2, 0.25) is 0 Å². The van der Waals surface area contributed by atoms with Gasteiger partial charge in [0.15, 0.2) is 5.37 Å². The largest absolute Gasteiger partial charge is 1.00 e. The van der Waals surface area contributed by atoms with Gasteiger partial charge < -0.3 is 5.11 Å².